The van der Waals surface area contributed by atoms with E-state index in [1.807, 2.05) is 0 Å². The summed E-state index contributed by atoms with van der Waals surface area (Å²) in [5.41, 5.74) is 3.02. The molecule has 1 amide bonds. The molecular weight excluding hydrogens is 320 g/mol. The summed E-state index contributed by atoms with van der Waals surface area (Å²) in [5, 5.41) is 13.9. The molecule has 120 valence electrons. The van der Waals surface area contributed by atoms with Crippen molar-refractivity contribution in [3.05, 3.63) is 52.5 Å². The molecule has 0 aliphatic rings. The molecule has 7 heteroatoms. The number of methoxy groups -OCH3 is 2. The maximum atomic E-state index is 12.0. The van der Waals surface area contributed by atoms with Crippen LogP contribution in [-0.2, 0) is 0 Å². The quantitative estimate of drug-likeness (QED) is 0.651. The third kappa shape index (κ3) is 4.14. The highest BCUT2D eigenvalue weighted by molar-refractivity contribution is 6.31. The second-order valence-corrected chi connectivity index (χ2v) is 4.90. The number of halogens is 1. The van der Waals surface area contributed by atoms with E-state index in [9.17, 15) is 9.90 Å². The number of nitrogens with one attached hydrogen (secondary N) is 1. The zero-order valence-corrected chi connectivity index (χ0v) is 13.3. The number of carbonyl (C=O) groups is 1. The van der Waals surface area contributed by atoms with Gasteiger partial charge in [-0.2, -0.15) is 5.10 Å². The molecule has 0 saturated carbocycles. The first-order valence-corrected chi connectivity index (χ1v) is 6.97. The van der Waals surface area contributed by atoms with Gasteiger partial charge in [-0.3, -0.25) is 4.79 Å². The summed E-state index contributed by atoms with van der Waals surface area (Å²) in [4.78, 5) is 12.0. The van der Waals surface area contributed by atoms with Crippen LogP contribution in [0, 0.1) is 0 Å². The van der Waals surface area contributed by atoms with E-state index in [1.165, 1.54) is 31.5 Å². The lowest BCUT2D eigenvalue weighted by Gasteiger charge is -2.07. The fraction of sp³-hybridized carbons (Fsp3) is 0.125. The van der Waals surface area contributed by atoms with Crippen molar-refractivity contribution in [1.82, 2.24) is 5.43 Å². The number of hydrazone groups is 1. The van der Waals surface area contributed by atoms with Crippen LogP contribution < -0.4 is 14.9 Å². The minimum absolute atomic E-state index is 0.0383. The smallest absolute Gasteiger partial charge is 0.275 e. The fourth-order valence-corrected chi connectivity index (χ4v) is 2.01. The number of nitrogens with zero attached hydrogens (tertiary/aromatic N) is 1. The van der Waals surface area contributed by atoms with E-state index >= 15 is 0 Å². The summed E-state index contributed by atoms with van der Waals surface area (Å²) in [6, 6.07) is 9.37. The molecule has 0 unspecified atom stereocenters. The predicted octanol–water partition coefficient (Wildman–Crippen LogP) is 2.83. The van der Waals surface area contributed by atoms with Crippen LogP contribution >= 0.6 is 11.6 Å². The number of phenolic OH excluding ortho intramolecular Hbond substituents is 1. The summed E-state index contributed by atoms with van der Waals surface area (Å²) >= 11 is 5.80. The van der Waals surface area contributed by atoms with Crippen molar-refractivity contribution >= 4 is 23.7 Å². The van der Waals surface area contributed by atoms with Gasteiger partial charge in [0.2, 0.25) is 0 Å². The minimum atomic E-state index is -0.575. The van der Waals surface area contributed by atoms with Gasteiger partial charge in [-0.05, 0) is 30.3 Å². The number of aromatic hydroxyl groups is 1. The van der Waals surface area contributed by atoms with Crippen LogP contribution in [0.4, 0.5) is 0 Å². The van der Waals surface area contributed by atoms with E-state index in [0.29, 0.717) is 22.1 Å². The first-order valence-electron chi connectivity index (χ1n) is 6.59. The normalized spacial score (nSPS) is 10.6. The Bertz CT molecular complexity index is 747. The van der Waals surface area contributed by atoms with Crippen LogP contribution in [0.15, 0.2) is 41.5 Å². The van der Waals surface area contributed by atoms with Crippen LogP contribution in [0.25, 0.3) is 0 Å². The Kier molecular flexibility index (Phi) is 5.43. The second kappa shape index (κ2) is 7.51. The van der Waals surface area contributed by atoms with Crippen LogP contribution in [0.2, 0.25) is 5.02 Å². The van der Waals surface area contributed by atoms with Crippen molar-refractivity contribution in [3.8, 4) is 17.2 Å². The van der Waals surface area contributed by atoms with Crippen molar-refractivity contribution in [2.45, 2.75) is 0 Å². The SMILES string of the molecule is COc1ccc(/C=N\NC(=O)c2cc(Cl)ccc2O)c(OC)c1. The highest BCUT2D eigenvalue weighted by Crippen LogP contribution is 2.23. The number of rotatable bonds is 5. The summed E-state index contributed by atoms with van der Waals surface area (Å²) in [6.07, 6.45) is 1.43. The average molecular weight is 335 g/mol. The maximum absolute atomic E-state index is 12.0. The van der Waals surface area contributed by atoms with Crippen LogP contribution in [-0.4, -0.2) is 31.4 Å². The van der Waals surface area contributed by atoms with Crippen LogP contribution in [0.5, 0.6) is 17.2 Å². The van der Waals surface area contributed by atoms with Gasteiger partial charge in [-0.1, -0.05) is 11.6 Å². The third-order valence-electron chi connectivity index (χ3n) is 3.01. The molecule has 23 heavy (non-hydrogen) atoms. The Hall–Kier alpha value is -2.73. The topological polar surface area (TPSA) is 80.2 Å². The molecule has 0 aromatic heterocycles. The summed E-state index contributed by atoms with van der Waals surface area (Å²) in [7, 11) is 3.08. The van der Waals surface area contributed by atoms with E-state index in [-0.39, 0.29) is 11.3 Å². The second-order valence-electron chi connectivity index (χ2n) is 4.47. The molecule has 0 saturated heterocycles. The largest absolute Gasteiger partial charge is 0.507 e. The Morgan fingerprint density at radius 2 is 2.00 bits per heavy atom. The highest BCUT2D eigenvalue weighted by atomic mass is 35.5. The van der Waals surface area contributed by atoms with Gasteiger partial charge >= 0.3 is 0 Å². The first kappa shape index (κ1) is 16.6. The Balaban J connectivity index is 2.12. The Morgan fingerprint density at radius 3 is 2.70 bits per heavy atom. The van der Waals surface area contributed by atoms with Gasteiger partial charge in [0.05, 0.1) is 26.0 Å². The van der Waals surface area contributed by atoms with E-state index < -0.39 is 5.91 Å². The molecule has 0 bridgehead atoms. The molecule has 0 aliphatic heterocycles. The molecule has 6 nitrogen and oxygen atoms in total. The fourth-order valence-electron chi connectivity index (χ4n) is 1.84. The number of benzene rings is 2. The number of phenols is 1. The van der Waals surface area contributed by atoms with Crippen molar-refractivity contribution < 1.29 is 19.4 Å². The van der Waals surface area contributed by atoms with E-state index in [4.69, 9.17) is 21.1 Å². The number of ether oxygens (including phenoxy) is 2. The molecule has 0 radical (unpaired) electrons. The zero-order valence-electron chi connectivity index (χ0n) is 12.5. The monoisotopic (exact) mass is 334 g/mol. The Labute approximate surface area is 138 Å². The molecule has 2 aromatic rings. The molecule has 0 aliphatic carbocycles. The lowest BCUT2D eigenvalue weighted by Crippen LogP contribution is -2.17. The van der Waals surface area contributed by atoms with E-state index in [0.717, 1.165) is 0 Å². The molecule has 2 rings (SSSR count). The van der Waals surface area contributed by atoms with Gasteiger partial charge in [0, 0.05) is 16.7 Å². The van der Waals surface area contributed by atoms with Gasteiger partial charge < -0.3 is 14.6 Å². The standard InChI is InChI=1S/C16H15ClN2O4/c1-22-12-5-3-10(15(8-12)23-2)9-18-19-16(21)13-7-11(17)4-6-14(13)20/h3-9,20H,1-2H3,(H,19,21)/b18-9-. The molecule has 2 aromatic carbocycles. The van der Waals surface area contributed by atoms with Gasteiger partial charge in [0.15, 0.2) is 0 Å². The molecule has 0 heterocycles. The summed E-state index contributed by atoms with van der Waals surface area (Å²) < 4.78 is 10.3. The van der Waals surface area contributed by atoms with E-state index in [1.54, 1.807) is 25.3 Å². The van der Waals surface area contributed by atoms with Gasteiger partial charge in [-0.15, -0.1) is 0 Å². The predicted molar refractivity (Wildman–Crippen MR) is 87.7 cm³/mol. The van der Waals surface area contributed by atoms with Crippen LogP contribution in [0.3, 0.4) is 0 Å². The third-order valence-corrected chi connectivity index (χ3v) is 3.25. The van der Waals surface area contributed by atoms with Crippen molar-refractivity contribution in [2.24, 2.45) is 5.10 Å². The van der Waals surface area contributed by atoms with Crippen molar-refractivity contribution in [1.29, 1.82) is 0 Å². The van der Waals surface area contributed by atoms with Gasteiger partial charge in [0.25, 0.3) is 5.91 Å². The maximum Gasteiger partial charge on any atom is 0.275 e. The molecule has 2 N–H and O–H groups in total. The summed E-state index contributed by atoms with van der Waals surface area (Å²) in [5.74, 6) is 0.442. The average Bonchev–Trinajstić information content (AvgIpc) is 2.57. The summed E-state index contributed by atoms with van der Waals surface area (Å²) in [6.45, 7) is 0. The number of hydrogen-bond donors (Lipinski definition) is 2. The molecule has 0 fully saturated rings. The zero-order chi connectivity index (χ0) is 16.8. The van der Waals surface area contributed by atoms with Crippen molar-refractivity contribution in [2.75, 3.05) is 14.2 Å². The van der Waals surface area contributed by atoms with Gasteiger partial charge in [-0.25, -0.2) is 5.43 Å². The lowest BCUT2D eigenvalue weighted by molar-refractivity contribution is 0.0952. The lowest BCUT2D eigenvalue weighted by atomic mass is 10.2. The minimum Gasteiger partial charge on any atom is -0.507 e. The van der Waals surface area contributed by atoms with Crippen LogP contribution in [0.1, 0.15) is 15.9 Å². The number of carbonyl (C=O) groups excluding carboxylic acids is 1. The number of hydrogen-bond acceptors (Lipinski definition) is 5. The first-order chi connectivity index (χ1) is 11.0. The molecular formula is C16H15ClN2O4. The van der Waals surface area contributed by atoms with Gasteiger partial charge in [0.1, 0.15) is 17.2 Å². The molecule has 0 spiro atoms. The molecule has 0 atom stereocenters. The highest BCUT2D eigenvalue weighted by Gasteiger charge is 2.11. The number of amides is 1. The van der Waals surface area contributed by atoms with Crippen molar-refractivity contribution in [3.63, 3.8) is 0 Å². The Morgan fingerprint density at radius 1 is 1.22 bits per heavy atom. The van der Waals surface area contributed by atoms with E-state index in [2.05, 4.69) is 10.5 Å².